The van der Waals surface area contributed by atoms with Gasteiger partial charge in [0.25, 0.3) is 11.5 Å². The van der Waals surface area contributed by atoms with Crippen molar-refractivity contribution in [1.29, 1.82) is 0 Å². The summed E-state index contributed by atoms with van der Waals surface area (Å²) in [6.07, 6.45) is 1.84. The van der Waals surface area contributed by atoms with Gasteiger partial charge in [0.1, 0.15) is 17.5 Å². The standard InChI is InChI=1S/C27H27I2N3O4S/c1-6-31(7-2)26(34)22-15(3)30-27-32(23(22)18-10-8-9-11-20(18)35-4)25(33)21(37-27)13-16-12-17(28)14-19(29)24(16)36-5/h8-14,23H,6-7H2,1-5H3/b21-13+/t23-/m1/s1. The summed E-state index contributed by atoms with van der Waals surface area (Å²) in [6.45, 7) is 6.84. The predicted molar refractivity (Wildman–Crippen MR) is 163 cm³/mol. The van der Waals surface area contributed by atoms with Crippen molar-refractivity contribution < 1.29 is 14.3 Å². The molecule has 10 heteroatoms. The number of hydrogen-bond acceptors (Lipinski definition) is 6. The van der Waals surface area contributed by atoms with E-state index in [9.17, 15) is 9.59 Å². The number of halogens is 2. The maximum absolute atomic E-state index is 14.0. The Balaban J connectivity index is 2.03. The molecular formula is C27H27I2N3O4S. The number of hydrogen-bond donors (Lipinski definition) is 0. The molecule has 3 aromatic rings. The number of allylic oxidation sites excluding steroid dienone is 1. The van der Waals surface area contributed by atoms with Gasteiger partial charge in [0.05, 0.1) is 33.6 Å². The summed E-state index contributed by atoms with van der Waals surface area (Å²) in [5.74, 6) is 1.18. The van der Waals surface area contributed by atoms with Gasteiger partial charge in [-0.3, -0.25) is 14.2 Å². The van der Waals surface area contributed by atoms with Crippen LogP contribution in [0.25, 0.3) is 6.08 Å². The van der Waals surface area contributed by atoms with Crippen LogP contribution in [0.1, 0.15) is 37.9 Å². The molecule has 1 aromatic heterocycles. The number of para-hydroxylation sites is 1. The summed E-state index contributed by atoms with van der Waals surface area (Å²) < 4.78 is 15.5. The minimum Gasteiger partial charge on any atom is -0.496 e. The molecule has 0 saturated heterocycles. The zero-order chi connectivity index (χ0) is 26.9. The number of amides is 1. The van der Waals surface area contributed by atoms with Gasteiger partial charge in [0.2, 0.25) is 0 Å². The molecule has 0 spiro atoms. The van der Waals surface area contributed by atoms with E-state index in [0.717, 1.165) is 18.3 Å². The highest BCUT2D eigenvalue weighted by Crippen LogP contribution is 2.36. The monoisotopic (exact) mass is 743 g/mol. The molecule has 0 fully saturated rings. The number of rotatable bonds is 7. The van der Waals surface area contributed by atoms with Crippen LogP contribution in [0.15, 0.2) is 57.5 Å². The second kappa shape index (κ2) is 11.7. The molecule has 7 nitrogen and oxygen atoms in total. The Morgan fingerprint density at radius 2 is 1.86 bits per heavy atom. The average molecular weight is 743 g/mol. The Morgan fingerprint density at radius 1 is 1.16 bits per heavy atom. The number of carbonyl (C=O) groups is 1. The summed E-state index contributed by atoms with van der Waals surface area (Å²) >= 11 is 5.79. The first-order valence-corrected chi connectivity index (χ1v) is 14.7. The zero-order valence-corrected chi connectivity index (χ0v) is 26.3. The van der Waals surface area contributed by atoms with Crippen molar-refractivity contribution in [1.82, 2.24) is 9.47 Å². The van der Waals surface area contributed by atoms with Crippen LogP contribution in [0.3, 0.4) is 0 Å². The Kier molecular flexibility index (Phi) is 8.79. The van der Waals surface area contributed by atoms with Crippen LogP contribution < -0.4 is 24.4 Å². The highest BCUT2D eigenvalue weighted by atomic mass is 127. The largest absolute Gasteiger partial charge is 0.496 e. The predicted octanol–water partition coefficient (Wildman–Crippen LogP) is 4.33. The summed E-state index contributed by atoms with van der Waals surface area (Å²) in [6, 6.07) is 10.9. The van der Waals surface area contributed by atoms with Crippen LogP contribution in [-0.4, -0.2) is 42.7 Å². The van der Waals surface area contributed by atoms with Gasteiger partial charge in [-0.1, -0.05) is 29.5 Å². The van der Waals surface area contributed by atoms with Crippen molar-refractivity contribution in [3.63, 3.8) is 0 Å². The van der Waals surface area contributed by atoms with Gasteiger partial charge in [-0.15, -0.1) is 0 Å². The second-order valence-corrected chi connectivity index (χ2v) is 11.7. The summed E-state index contributed by atoms with van der Waals surface area (Å²) in [7, 11) is 3.22. The van der Waals surface area contributed by atoms with E-state index < -0.39 is 6.04 Å². The van der Waals surface area contributed by atoms with Gasteiger partial charge in [0, 0.05) is 27.8 Å². The van der Waals surface area contributed by atoms with Crippen LogP contribution >= 0.6 is 56.5 Å². The van der Waals surface area contributed by atoms with Crippen LogP contribution in [0.5, 0.6) is 11.5 Å². The van der Waals surface area contributed by atoms with Crippen LogP contribution in [0.2, 0.25) is 0 Å². The van der Waals surface area contributed by atoms with E-state index in [4.69, 9.17) is 14.5 Å². The van der Waals surface area contributed by atoms with E-state index in [2.05, 4.69) is 45.2 Å². The van der Waals surface area contributed by atoms with Crippen molar-refractivity contribution in [3.05, 3.63) is 85.6 Å². The van der Waals surface area contributed by atoms with Crippen molar-refractivity contribution in [2.45, 2.75) is 26.8 Å². The molecule has 2 heterocycles. The first-order chi connectivity index (χ1) is 17.7. The van der Waals surface area contributed by atoms with Crippen molar-refractivity contribution >= 4 is 68.5 Å². The SMILES string of the molecule is CCN(CC)C(=O)C1=C(C)N=c2s/c(=C/c3cc(I)cc(I)c3OC)c(=O)n2[C@@H]1c1ccccc1OC. The second-order valence-electron chi connectivity index (χ2n) is 8.31. The molecule has 2 aromatic carbocycles. The molecular weight excluding hydrogens is 716 g/mol. The van der Waals surface area contributed by atoms with Gasteiger partial charge in [0.15, 0.2) is 4.80 Å². The first-order valence-electron chi connectivity index (χ1n) is 11.7. The number of thiazole rings is 1. The minimum atomic E-state index is -0.666. The normalized spacial score (nSPS) is 15.3. The minimum absolute atomic E-state index is 0.134. The number of fused-ring (bicyclic) bond motifs is 1. The van der Waals surface area contributed by atoms with E-state index in [1.54, 1.807) is 23.7 Å². The Bertz CT molecular complexity index is 1570. The molecule has 0 bridgehead atoms. The molecule has 0 unspecified atom stereocenters. The van der Waals surface area contributed by atoms with Gasteiger partial charge in [-0.2, -0.15) is 0 Å². The number of methoxy groups -OCH3 is 2. The van der Waals surface area contributed by atoms with Crippen molar-refractivity contribution in [2.75, 3.05) is 27.3 Å². The molecule has 4 rings (SSSR count). The molecule has 0 N–H and O–H groups in total. The smallest absolute Gasteiger partial charge is 0.271 e. The highest BCUT2D eigenvalue weighted by molar-refractivity contribution is 14.1. The van der Waals surface area contributed by atoms with Gasteiger partial charge in [-0.05, 0) is 90.2 Å². The lowest BCUT2D eigenvalue weighted by molar-refractivity contribution is -0.127. The fourth-order valence-electron chi connectivity index (χ4n) is 4.51. The number of nitrogens with zero attached hydrogens (tertiary/aromatic N) is 3. The third-order valence-corrected chi connectivity index (χ3v) is 8.67. The summed E-state index contributed by atoms with van der Waals surface area (Å²) in [5, 5.41) is 0. The number of carbonyl (C=O) groups excluding carboxylic acids is 1. The zero-order valence-electron chi connectivity index (χ0n) is 21.2. The topological polar surface area (TPSA) is 73.1 Å². The molecule has 194 valence electrons. The first kappa shape index (κ1) is 27.8. The van der Waals surface area contributed by atoms with E-state index in [1.807, 2.05) is 63.2 Å². The highest BCUT2D eigenvalue weighted by Gasteiger charge is 2.35. The maximum atomic E-state index is 14.0. The Morgan fingerprint density at radius 3 is 2.51 bits per heavy atom. The molecule has 0 aliphatic carbocycles. The van der Waals surface area contributed by atoms with Crippen LogP contribution in [0, 0.1) is 7.14 Å². The quantitative estimate of drug-likeness (QED) is 0.338. The van der Waals surface area contributed by atoms with Crippen LogP contribution in [0.4, 0.5) is 0 Å². The lowest BCUT2D eigenvalue weighted by Gasteiger charge is -2.29. The molecule has 1 amide bonds. The molecule has 1 aliphatic heterocycles. The molecule has 1 aliphatic rings. The summed E-state index contributed by atoms with van der Waals surface area (Å²) in [4.78, 5) is 34.8. The Hall–Kier alpha value is -2.19. The third-order valence-electron chi connectivity index (χ3n) is 6.26. The average Bonchev–Trinajstić information content (AvgIpc) is 3.17. The van der Waals surface area contributed by atoms with Gasteiger partial charge >= 0.3 is 0 Å². The molecule has 0 radical (unpaired) electrons. The molecule has 1 atom stereocenters. The van der Waals surface area contributed by atoms with Gasteiger partial charge < -0.3 is 14.4 Å². The van der Waals surface area contributed by atoms with Crippen LogP contribution in [-0.2, 0) is 4.79 Å². The fraction of sp³-hybridized carbons (Fsp3) is 0.296. The fourth-order valence-corrected chi connectivity index (χ4v) is 7.65. The lowest BCUT2D eigenvalue weighted by Crippen LogP contribution is -2.43. The maximum Gasteiger partial charge on any atom is 0.271 e. The number of likely N-dealkylation sites (N-methyl/N-ethyl adjacent to an activating group) is 1. The number of benzene rings is 2. The third kappa shape index (κ3) is 5.24. The van der Waals surface area contributed by atoms with Gasteiger partial charge in [-0.25, -0.2) is 4.99 Å². The number of ether oxygens (including phenoxy) is 2. The van der Waals surface area contributed by atoms with E-state index >= 15 is 0 Å². The molecule has 37 heavy (non-hydrogen) atoms. The Labute approximate surface area is 246 Å². The van der Waals surface area contributed by atoms with E-state index in [-0.39, 0.29) is 11.5 Å². The van der Waals surface area contributed by atoms with E-state index in [0.29, 0.717) is 45.2 Å². The van der Waals surface area contributed by atoms with Crippen molar-refractivity contribution in [3.8, 4) is 11.5 Å². The number of aromatic nitrogens is 1. The lowest BCUT2D eigenvalue weighted by atomic mass is 9.94. The van der Waals surface area contributed by atoms with E-state index in [1.165, 1.54) is 11.3 Å². The molecule has 0 saturated carbocycles. The summed E-state index contributed by atoms with van der Waals surface area (Å²) in [5.41, 5.74) is 2.42. The van der Waals surface area contributed by atoms with Crippen molar-refractivity contribution in [2.24, 2.45) is 4.99 Å².